The molecule has 1 saturated heterocycles. The molecule has 8 heteroatoms. The third-order valence-electron chi connectivity index (χ3n) is 5.01. The highest BCUT2D eigenvalue weighted by Gasteiger charge is 2.28. The SMILES string of the molecule is CC(C=NNC(=O)CN1CCN(S(=O)(=O)c2ccc(C)cc2)CC1)=Cc1ccccc1. The van der Waals surface area contributed by atoms with Crippen LogP contribution in [0, 0.1) is 6.92 Å². The second-order valence-electron chi connectivity index (χ2n) is 7.59. The summed E-state index contributed by atoms with van der Waals surface area (Å²) < 4.78 is 27.0. The van der Waals surface area contributed by atoms with Crippen LogP contribution in [0.1, 0.15) is 18.1 Å². The van der Waals surface area contributed by atoms with Crippen LogP contribution in [0.25, 0.3) is 6.08 Å². The van der Waals surface area contributed by atoms with E-state index in [4.69, 9.17) is 0 Å². The Balaban J connectivity index is 1.45. The number of carbonyl (C=O) groups excluding carboxylic acids is 1. The molecule has 164 valence electrons. The number of hydrogen-bond donors (Lipinski definition) is 1. The Morgan fingerprint density at radius 3 is 2.32 bits per heavy atom. The van der Waals surface area contributed by atoms with Crippen LogP contribution in [0.3, 0.4) is 0 Å². The minimum absolute atomic E-state index is 0.178. The highest BCUT2D eigenvalue weighted by Crippen LogP contribution is 2.18. The lowest BCUT2D eigenvalue weighted by Gasteiger charge is -2.33. The number of aryl methyl sites for hydroxylation is 1. The van der Waals surface area contributed by atoms with E-state index >= 15 is 0 Å². The molecule has 1 N–H and O–H groups in total. The fourth-order valence-electron chi connectivity index (χ4n) is 3.28. The number of hydrazone groups is 1. The Morgan fingerprint density at radius 1 is 1.03 bits per heavy atom. The molecule has 0 saturated carbocycles. The molecule has 2 aromatic rings. The topological polar surface area (TPSA) is 82.1 Å². The molecule has 0 radical (unpaired) electrons. The van der Waals surface area contributed by atoms with E-state index in [0.717, 1.165) is 16.7 Å². The van der Waals surface area contributed by atoms with E-state index < -0.39 is 10.0 Å². The van der Waals surface area contributed by atoms with Crippen molar-refractivity contribution in [1.82, 2.24) is 14.6 Å². The van der Waals surface area contributed by atoms with Crippen molar-refractivity contribution in [3.05, 3.63) is 71.3 Å². The monoisotopic (exact) mass is 440 g/mol. The molecule has 1 heterocycles. The Kier molecular flexibility index (Phi) is 7.73. The van der Waals surface area contributed by atoms with Crippen LogP contribution in [0.5, 0.6) is 0 Å². The third kappa shape index (κ3) is 6.58. The summed E-state index contributed by atoms with van der Waals surface area (Å²) in [5.74, 6) is -0.224. The summed E-state index contributed by atoms with van der Waals surface area (Å²) in [6.45, 7) is 5.71. The van der Waals surface area contributed by atoms with Crippen molar-refractivity contribution in [3.63, 3.8) is 0 Å². The number of hydrogen-bond acceptors (Lipinski definition) is 5. The molecule has 3 rings (SSSR count). The molecular formula is C23H28N4O3S. The van der Waals surface area contributed by atoms with Gasteiger partial charge in [0.25, 0.3) is 5.91 Å². The molecule has 0 aliphatic carbocycles. The van der Waals surface area contributed by atoms with Crippen molar-refractivity contribution in [1.29, 1.82) is 0 Å². The smallest absolute Gasteiger partial charge is 0.254 e. The normalized spacial score (nSPS) is 16.5. The lowest BCUT2D eigenvalue weighted by atomic mass is 10.1. The van der Waals surface area contributed by atoms with E-state index in [1.165, 1.54) is 4.31 Å². The summed E-state index contributed by atoms with van der Waals surface area (Å²) >= 11 is 0. The van der Waals surface area contributed by atoms with E-state index in [1.54, 1.807) is 30.5 Å². The summed E-state index contributed by atoms with van der Waals surface area (Å²) in [4.78, 5) is 14.4. The van der Waals surface area contributed by atoms with E-state index in [9.17, 15) is 13.2 Å². The molecule has 1 amide bonds. The van der Waals surface area contributed by atoms with E-state index in [-0.39, 0.29) is 12.5 Å². The number of nitrogens with one attached hydrogen (secondary N) is 1. The standard InChI is InChI=1S/C23H28N4O3S/c1-19-8-10-22(11-9-19)31(29,30)27-14-12-26(13-15-27)18-23(28)25-24-17-20(2)16-21-6-4-3-5-7-21/h3-11,16-17H,12-15,18H2,1-2H3,(H,25,28). The highest BCUT2D eigenvalue weighted by atomic mass is 32.2. The lowest BCUT2D eigenvalue weighted by Crippen LogP contribution is -2.50. The van der Waals surface area contributed by atoms with Crippen molar-refractivity contribution in [2.45, 2.75) is 18.7 Å². The second-order valence-corrected chi connectivity index (χ2v) is 9.52. The average molecular weight is 441 g/mol. The number of sulfonamides is 1. The zero-order valence-corrected chi connectivity index (χ0v) is 18.7. The predicted octanol–water partition coefficient (Wildman–Crippen LogP) is 2.51. The Bertz CT molecular complexity index is 1040. The number of carbonyl (C=O) groups is 1. The van der Waals surface area contributed by atoms with Crippen molar-refractivity contribution >= 4 is 28.2 Å². The van der Waals surface area contributed by atoms with Gasteiger partial charge < -0.3 is 0 Å². The number of allylic oxidation sites excluding steroid dienone is 1. The summed E-state index contributed by atoms with van der Waals surface area (Å²) in [6, 6.07) is 16.7. The minimum atomic E-state index is -3.50. The number of benzene rings is 2. The maximum Gasteiger partial charge on any atom is 0.254 e. The van der Waals surface area contributed by atoms with Gasteiger partial charge >= 0.3 is 0 Å². The van der Waals surface area contributed by atoms with Gasteiger partial charge in [-0.3, -0.25) is 9.69 Å². The molecule has 2 aromatic carbocycles. The first-order valence-corrected chi connectivity index (χ1v) is 11.6. The number of piperazine rings is 1. The largest absolute Gasteiger partial charge is 0.292 e. The van der Waals surface area contributed by atoms with Gasteiger partial charge in [0.05, 0.1) is 17.7 Å². The van der Waals surface area contributed by atoms with Gasteiger partial charge in [0, 0.05) is 26.2 Å². The van der Waals surface area contributed by atoms with Gasteiger partial charge in [-0.25, -0.2) is 13.8 Å². The molecule has 1 aliphatic rings. The summed E-state index contributed by atoms with van der Waals surface area (Å²) in [5.41, 5.74) is 5.54. The van der Waals surface area contributed by atoms with E-state index in [0.29, 0.717) is 31.1 Å². The number of rotatable bonds is 7. The molecule has 0 atom stereocenters. The molecule has 0 aromatic heterocycles. The highest BCUT2D eigenvalue weighted by molar-refractivity contribution is 7.89. The lowest BCUT2D eigenvalue weighted by molar-refractivity contribution is -0.122. The summed E-state index contributed by atoms with van der Waals surface area (Å²) in [5, 5.41) is 4.01. The van der Waals surface area contributed by atoms with Crippen LogP contribution >= 0.6 is 0 Å². The Labute approximate surface area is 184 Å². The predicted molar refractivity (Wildman–Crippen MR) is 123 cm³/mol. The maximum absolute atomic E-state index is 12.8. The molecular weight excluding hydrogens is 412 g/mol. The van der Waals surface area contributed by atoms with Crippen molar-refractivity contribution < 1.29 is 13.2 Å². The Morgan fingerprint density at radius 2 is 1.68 bits per heavy atom. The van der Waals surface area contributed by atoms with Crippen LogP contribution in [0.4, 0.5) is 0 Å². The van der Waals surface area contributed by atoms with Gasteiger partial charge in [0.1, 0.15) is 0 Å². The minimum Gasteiger partial charge on any atom is -0.292 e. The molecule has 0 unspecified atom stereocenters. The van der Waals surface area contributed by atoms with Crippen LogP contribution in [-0.2, 0) is 14.8 Å². The van der Waals surface area contributed by atoms with Crippen LogP contribution < -0.4 is 5.43 Å². The third-order valence-corrected chi connectivity index (χ3v) is 6.92. The average Bonchev–Trinajstić information content (AvgIpc) is 2.75. The van der Waals surface area contributed by atoms with E-state index in [1.807, 2.05) is 55.2 Å². The zero-order chi connectivity index (χ0) is 22.3. The van der Waals surface area contributed by atoms with Gasteiger partial charge in [-0.15, -0.1) is 0 Å². The van der Waals surface area contributed by atoms with Gasteiger partial charge in [-0.1, -0.05) is 54.1 Å². The molecule has 1 fully saturated rings. The fourth-order valence-corrected chi connectivity index (χ4v) is 4.70. The maximum atomic E-state index is 12.8. The zero-order valence-electron chi connectivity index (χ0n) is 17.9. The van der Waals surface area contributed by atoms with Crippen LogP contribution in [0.2, 0.25) is 0 Å². The van der Waals surface area contributed by atoms with Crippen LogP contribution in [-0.4, -0.2) is 62.5 Å². The first-order chi connectivity index (χ1) is 14.8. The van der Waals surface area contributed by atoms with Gasteiger partial charge in [-0.2, -0.15) is 9.41 Å². The summed E-state index contributed by atoms with van der Waals surface area (Å²) in [6.07, 6.45) is 3.58. The van der Waals surface area contributed by atoms with Gasteiger partial charge in [-0.05, 0) is 37.1 Å². The van der Waals surface area contributed by atoms with Crippen molar-refractivity contribution in [2.24, 2.45) is 5.10 Å². The molecule has 0 bridgehead atoms. The van der Waals surface area contributed by atoms with Crippen molar-refractivity contribution in [2.75, 3.05) is 32.7 Å². The molecule has 1 aliphatic heterocycles. The molecule has 7 nitrogen and oxygen atoms in total. The van der Waals surface area contributed by atoms with Gasteiger partial charge in [0.2, 0.25) is 10.0 Å². The fraction of sp³-hybridized carbons (Fsp3) is 0.304. The van der Waals surface area contributed by atoms with Gasteiger partial charge in [0.15, 0.2) is 0 Å². The quantitative estimate of drug-likeness (QED) is 0.530. The van der Waals surface area contributed by atoms with E-state index in [2.05, 4.69) is 10.5 Å². The number of amides is 1. The molecule has 31 heavy (non-hydrogen) atoms. The van der Waals surface area contributed by atoms with Crippen LogP contribution in [0.15, 0.2) is 70.2 Å². The Hall–Kier alpha value is -2.81. The summed E-state index contributed by atoms with van der Waals surface area (Å²) in [7, 11) is -3.50. The first kappa shape index (κ1) is 22.9. The first-order valence-electron chi connectivity index (χ1n) is 10.2. The molecule has 0 spiro atoms. The second kappa shape index (κ2) is 10.5. The van der Waals surface area contributed by atoms with Crippen molar-refractivity contribution in [3.8, 4) is 0 Å². The number of nitrogens with zero attached hydrogens (tertiary/aromatic N) is 3.